The van der Waals surface area contributed by atoms with Crippen LogP contribution in [0.3, 0.4) is 0 Å². The Morgan fingerprint density at radius 1 is 1.50 bits per heavy atom. The van der Waals surface area contributed by atoms with Crippen LogP contribution in [0.5, 0.6) is 0 Å². The smallest absolute Gasteiger partial charge is 0.376 e. The second kappa shape index (κ2) is 9.12. The number of rotatable bonds is 9. The molecule has 0 aromatic heterocycles. The average molecular weight is 284 g/mol. The maximum atomic E-state index is 11.3. The Balaban J connectivity index is 4.10. The predicted octanol–water partition coefficient (Wildman–Crippen LogP) is 0.0228. The molecule has 0 radical (unpaired) electrons. The highest BCUT2D eigenvalue weighted by atomic mass is 32.4. The molecule has 0 spiro atoms. The summed E-state index contributed by atoms with van der Waals surface area (Å²) in [6.45, 7) is 0.887. The number of hydrogen-bond acceptors (Lipinski definition) is 6. The standard InChI is InChI=1S/C7H17N2O4PSSi/c1-11-16(12-2,13-14-15)6-3-7(10)9-5-4-8/h3-6,8H2,1-2H3,(H,9,10). The van der Waals surface area contributed by atoms with Crippen LogP contribution in [0.4, 0.5) is 0 Å². The summed E-state index contributed by atoms with van der Waals surface area (Å²) < 4.78 is 15.7. The lowest BCUT2D eigenvalue weighted by Crippen LogP contribution is -2.42. The van der Waals surface area contributed by atoms with Crippen molar-refractivity contribution in [2.24, 2.45) is 5.73 Å². The largest absolute Gasteiger partial charge is 0.509 e. The summed E-state index contributed by atoms with van der Waals surface area (Å²) in [7, 11) is 0.555. The van der Waals surface area contributed by atoms with Gasteiger partial charge in [-0.3, -0.25) is 4.79 Å². The first-order valence-electron chi connectivity index (χ1n) is 4.72. The molecule has 0 aromatic rings. The van der Waals surface area contributed by atoms with E-state index in [0.717, 1.165) is 0 Å². The minimum atomic E-state index is -2.75. The summed E-state index contributed by atoms with van der Waals surface area (Å²) in [5.41, 5.74) is 5.26. The van der Waals surface area contributed by atoms with E-state index in [2.05, 4.69) is 5.32 Å². The van der Waals surface area contributed by atoms with Gasteiger partial charge in [-0.2, -0.15) is 0 Å². The van der Waals surface area contributed by atoms with Crippen LogP contribution in [0.1, 0.15) is 6.42 Å². The van der Waals surface area contributed by atoms with E-state index in [1.807, 2.05) is 0 Å². The third-order valence-corrected chi connectivity index (χ3v) is 6.11. The van der Waals surface area contributed by atoms with Crippen LogP contribution in [0.2, 0.25) is 6.04 Å². The van der Waals surface area contributed by atoms with Gasteiger partial charge in [-0.1, -0.05) is 0 Å². The first-order chi connectivity index (χ1) is 7.64. The molecule has 0 atom stereocenters. The van der Waals surface area contributed by atoms with Gasteiger partial charge in [0, 0.05) is 39.8 Å². The van der Waals surface area contributed by atoms with Crippen LogP contribution in [0.25, 0.3) is 0 Å². The zero-order chi connectivity index (χ0) is 12.4. The molecule has 3 N–H and O–H groups in total. The van der Waals surface area contributed by atoms with Crippen molar-refractivity contribution >= 4 is 34.1 Å². The summed E-state index contributed by atoms with van der Waals surface area (Å²) >= 11 is 4.69. The normalized spacial score (nSPS) is 11.7. The predicted molar refractivity (Wildman–Crippen MR) is 66.6 cm³/mol. The Bertz CT molecular complexity index is 230. The lowest BCUT2D eigenvalue weighted by atomic mass is 10.4. The van der Waals surface area contributed by atoms with Crippen molar-refractivity contribution in [2.45, 2.75) is 12.5 Å². The highest BCUT2D eigenvalue weighted by Crippen LogP contribution is 2.20. The number of amides is 1. The summed E-state index contributed by atoms with van der Waals surface area (Å²) in [4.78, 5) is 11.3. The molecule has 6 nitrogen and oxygen atoms in total. The fourth-order valence-electron chi connectivity index (χ4n) is 1.03. The molecule has 0 fully saturated rings. The second-order valence-corrected chi connectivity index (χ2v) is 6.90. The molecular weight excluding hydrogens is 267 g/mol. The van der Waals surface area contributed by atoms with E-state index in [1.165, 1.54) is 14.2 Å². The van der Waals surface area contributed by atoms with Crippen LogP contribution in [-0.4, -0.2) is 42.0 Å². The Morgan fingerprint density at radius 3 is 2.56 bits per heavy atom. The molecule has 16 heavy (non-hydrogen) atoms. The maximum absolute atomic E-state index is 11.3. The quantitative estimate of drug-likeness (QED) is 0.459. The molecule has 0 rings (SSSR count). The number of carbonyl (C=O) groups excluding carboxylic acids is 1. The van der Waals surface area contributed by atoms with Gasteiger partial charge in [-0.05, 0) is 11.8 Å². The van der Waals surface area contributed by atoms with Crippen molar-refractivity contribution in [2.75, 3.05) is 27.3 Å². The Hall–Kier alpha value is 0.0469. The third-order valence-electron chi connectivity index (χ3n) is 1.92. The van der Waals surface area contributed by atoms with Gasteiger partial charge >= 0.3 is 8.80 Å². The zero-order valence-electron chi connectivity index (χ0n) is 9.39. The van der Waals surface area contributed by atoms with Gasteiger partial charge in [0.1, 0.15) is 7.58 Å². The van der Waals surface area contributed by atoms with Crippen LogP contribution in [0.15, 0.2) is 0 Å². The van der Waals surface area contributed by atoms with E-state index < -0.39 is 8.80 Å². The number of nitrogens with two attached hydrogens (primary N) is 1. The van der Waals surface area contributed by atoms with Crippen LogP contribution >= 0.6 is 7.58 Å². The lowest BCUT2D eigenvalue weighted by molar-refractivity contribution is -0.120. The Kier molecular flexibility index (Phi) is 9.14. The van der Waals surface area contributed by atoms with E-state index in [4.69, 9.17) is 30.6 Å². The highest BCUT2D eigenvalue weighted by Gasteiger charge is 2.39. The van der Waals surface area contributed by atoms with Gasteiger partial charge in [-0.25, -0.2) is 0 Å². The van der Waals surface area contributed by atoms with E-state index in [9.17, 15) is 4.79 Å². The fraction of sp³-hybridized carbons (Fsp3) is 0.857. The van der Waals surface area contributed by atoms with Crippen molar-refractivity contribution < 1.29 is 17.9 Å². The Labute approximate surface area is 103 Å². The minimum absolute atomic E-state index is 0.0962. The molecule has 94 valence electrons. The highest BCUT2D eigenvalue weighted by molar-refractivity contribution is 7.94. The molecule has 0 bridgehead atoms. The Morgan fingerprint density at radius 2 is 2.12 bits per heavy atom. The summed E-state index contributed by atoms with van der Waals surface area (Å²) in [5.74, 6) is -0.0962. The van der Waals surface area contributed by atoms with E-state index in [-0.39, 0.29) is 12.3 Å². The van der Waals surface area contributed by atoms with Gasteiger partial charge in [-0.15, -0.1) is 0 Å². The van der Waals surface area contributed by atoms with E-state index in [1.54, 1.807) is 0 Å². The maximum Gasteiger partial charge on any atom is 0.509 e. The first-order valence-corrected chi connectivity index (χ1v) is 8.47. The molecule has 0 aromatic carbocycles. The van der Waals surface area contributed by atoms with Gasteiger partial charge in [0.25, 0.3) is 0 Å². The fourth-order valence-corrected chi connectivity index (χ4v) is 4.58. The van der Waals surface area contributed by atoms with Crippen molar-refractivity contribution in [3.8, 4) is 0 Å². The second-order valence-electron chi connectivity index (χ2n) is 2.90. The topological polar surface area (TPSA) is 82.8 Å². The monoisotopic (exact) mass is 284 g/mol. The molecule has 0 aliphatic carbocycles. The molecule has 0 saturated carbocycles. The molecule has 0 unspecified atom stereocenters. The van der Waals surface area contributed by atoms with E-state index in [0.29, 0.717) is 26.7 Å². The molecule has 0 heterocycles. The number of nitrogens with one attached hydrogen (secondary N) is 1. The van der Waals surface area contributed by atoms with Crippen LogP contribution < -0.4 is 11.1 Å². The van der Waals surface area contributed by atoms with Crippen molar-refractivity contribution in [1.29, 1.82) is 0 Å². The van der Waals surface area contributed by atoms with Gasteiger partial charge in [0.05, 0.1) is 0 Å². The van der Waals surface area contributed by atoms with Crippen molar-refractivity contribution in [1.82, 2.24) is 5.32 Å². The molecule has 0 aliphatic heterocycles. The third kappa shape index (κ3) is 5.95. The number of hydrogen-bond donors (Lipinski definition) is 2. The molecule has 0 aliphatic rings. The SMILES string of the molecule is CO[Si](CCC(=O)NCCN)(OC)OP=S. The first kappa shape index (κ1) is 16.0. The molecule has 1 amide bonds. The average Bonchev–Trinajstić information content (AvgIpc) is 2.32. The van der Waals surface area contributed by atoms with Gasteiger partial charge < -0.3 is 24.1 Å². The summed E-state index contributed by atoms with van der Waals surface area (Å²) in [6.07, 6.45) is 0.277. The molecule has 9 heteroatoms. The van der Waals surface area contributed by atoms with Crippen LogP contribution in [-0.2, 0) is 29.7 Å². The summed E-state index contributed by atoms with van der Waals surface area (Å²) in [6, 6.07) is 0.403. The minimum Gasteiger partial charge on any atom is -0.376 e. The number of carbonyl (C=O) groups is 1. The van der Waals surface area contributed by atoms with Crippen molar-refractivity contribution in [3.05, 3.63) is 0 Å². The van der Waals surface area contributed by atoms with Gasteiger partial charge in [0.2, 0.25) is 5.91 Å². The zero-order valence-corrected chi connectivity index (χ0v) is 12.1. The summed E-state index contributed by atoms with van der Waals surface area (Å²) in [5, 5.41) is 2.66. The van der Waals surface area contributed by atoms with Gasteiger partial charge in [0.15, 0.2) is 0 Å². The lowest BCUT2D eigenvalue weighted by Gasteiger charge is -2.23. The molecule has 0 saturated heterocycles. The van der Waals surface area contributed by atoms with E-state index >= 15 is 0 Å². The molecular formula is C7H17N2O4PSSi. The van der Waals surface area contributed by atoms with Crippen LogP contribution in [0, 0.1) is 0 Å². The van der Waals surface area contributed by atoms with Crippen molar-refractivity contribution in [3.63, 3.8) is 0 Å².